The summed E-state index contributed by atoms with van der Waals surface area (Å²) in [5.41, 5.74) is 1.48. The first-order valence-corrected chi connectivity index (χ1v) is 10.2. The van der Waals surface area contributed by atoms with Gasteiger partial charge < -0.3 is 9.97 Å². The van der Waals surface area contributed by atoms with Crippen LogP contribution in [0.15, 0.2) is 50.4 Å². The van der Waals surface area contributed by atoms with E-state index in [2.05, 4.69) is 14.7 Å². The zero-order valence-electron chi connectivity index (χ0n) is 15.4. The fraction of sp³-hybridized carbons (Fsp3) is 0.158. The molecule has 3 rings (SSSR count). The van der Waals surface area contributed by atoms with Crippen LogP contribution < -0.4 is 15.8 Å². The Kier molecular flexibility index (Phi) is 5.18. The van der Waals surface area contributed by atoms with Gasteiger partial charge in [0.25, 0.3) is 10.0 Å². The SMILES string of the molecule is CC(C)=Cc1ccc(NS(=O)(=O)c2cc3[nH]c(=O)c(=O)[nH]c3cc2C)cc1Cl. The lowest BCUT2D eigenvalue weighted by atomic mass is 10.1. The molecule has 0 spiro atoms. The van der Waals surface area contributed by atoms with Crippen molar-refractivity contribution in [1.29, 1.82) is 0 Å². The number of halogens is 1. The summed E-state index contributed by atoms with van der Waals surface area (Å²) in [6, 6.07) is 7.68. The predicted molar refractivity (Wildman–Crippen MR) is 112 cm³/mol. The first-order chi connectivity index (χ1) is 13.1. The van der Waals surface area contributed by atoms with Crippen LogP contribution in [0.25, 0.3) is 17.1 Å². The number of aryl methyl sites for hydroxylation is 1. The highest BCUT2D eigenvalue weighted by Gasteiger charge is 2.19. The second kappa shape index (κ2) is 7.29. The van der Waals surface area contributed by atoms with Crippen LogP contribution in [0.3, 0.4) is 0 Å². The standard InChI is InChI=1S/C19H18ClN3O4S/c1-10(2)6-12-4-5-13(8-14(12)20)23-28(26,27)17-9-16-15(7-11(17)3)21-18(24)19(25)22-16/h4-9,23H,1-3H3,(H,21,24)(H,22,25). The number of hydrogen-bond acceptors (Lipinski definition) is 4. The molecule has 0 fully saturated rings. The molecule has 0 bridgehead atoms. The largest absolute Gasteiger partial charge is 0.316 e. The summed E-state index contributed by atoms with van der Waals surface area (Å²) in [5.74, 6) is 0. The lowest BCUT2D eigenvalue weighted by Gasteiger charge is -2.12. The van der Waals surface area contributed by atoms with Crippen LogP contribution in [-0.2, 0) is 10.0 Å². The maximum atomic E-state index is 12.9. The van der Waals surface area contributed by atoms with Crippen LogP contribution in [0.5, 0.6) is 0 Å². The van der Waals surface area contributed by atoms with Crippen LogP contribution in [0.4, 0.5) is 5.69 Å². The van der Waals surface area contributed by atoms with Crippen molar-refractivity contribution in [1.82, 2.24) is 9.97 Å². The highest BCUT2D eigenvalue weighted by molar-refractivity contribution is 7.92. The van der Waals surface area contributed by atoms with E-state index in [0.29, 0.717) is 21.8 Å². The molecule has 0 saturated carbocycles. The third-order valence-corrected chi connectivity index (χ3v) is 5.85. The highest BCUT2D eigenvalue weighted by atomic mass is 35.5. The van der Waals surface area contributed by atoms with Crippen molar-refractivity contribution in [3.8, 4) is 0 Å². The second-order valence-corrected chi connectivity index (χ2v) is 8.69. The molecule has 3 aromatic rings. The highest BCUT2D eigenvalue weighted by Crippen LogP contribution is 2.26. The molecule has 0 unspecified atom stereocenters. The summed E-state index contributed by atoms with van der Waals surface area (Å²) in [6.07, 6.45) is 1.89. The van der Waals surface area contributed by atoms with Crippen LogP contribution in [-0.4, -0.2) is 18.4 Å². The Hall–Kier alpha value is -2.84. The van der Waals surface area contributed by atoms with Crippen LogP contribution in [0.1, 0.15) is 25.0 Å². The van der Waals surface area contributed by atoms with Gasteiger partial charge in [-0.2, -0.15) is 0 Å². The van der Waals surface area contributed by atoms with Crippen molar-refractivity contribution in [3.63, 3.8) is 0 Å². The summed E-state index contributed by atoms with van der Waals surface area (Å²) in [7, 11) is -3.95. The molecule has 1 heterocycles. The van der Waals surface area contributed by atoms with Crippen LogP contribution in [0.2, 0.25) is 5.02 Å². The number of hydrogen-bond donors (Lipinski definition) is 3. The quantitative estimate of drug-likeness (QED) is 0.562. The van der Waals surface area contributed by atoms with Gasteiger partial charge in [0.2, 0.25) is 0 Å². The number of fused-ring (bicyclic) bond motifs is 1. The molecule has 28 heavy (non-hydrogen) atoms. The smallest absolute Gasteiger partial charge is 0.314 e. The van der Waals surface area contributed by atoms with Crippen LogP contribution in [0, 0.1) is 6.92 Å². The van der Waals surface area contributed by atoms with E-state index < -0.39 is 21.1 Å². The number of aromatic amines is 2. The minimum Gasteiger partial charge on any atom is -0.316 e. The molecular weight excluding hydrogens is 402 g/mol. The fourth-order valence-corrected chi connectivity index (χ4v) is 4.31. The van der Waals surface area contributed by atoms with Crippen LogP contribution >= 0.6 is 11.6 Å². The van der Waals surface area contributed by atoms with E-state index in [1.807, 2.05) is 19.9 Å². The van der Waals surface area contributed by atoms with Crippen molar-refractivity contribution in [3.05, 3.63) is 72.8 Å². The monoisotopic (exact) mass is 419 g/mol. The maximum absolute atomic E-state index is 12.9. The predicted octanol–water partition coefficient (Wildman–Crippen LogP) is 3.40. The molecule has 0 atom stereocenters. The number of aromatic nitrogens is 2. The zero-order valence-corrected chi connectivity index (χ0v) is 17.0. The van der Waals surface area contributed by atoms with Gasteiger partial charge in [-0.1, -0.05) is 29.3 Å². The van der Waals surface area contributed by atoms with Gasteiger partial charge >= 0.3 is 11.1 Å². The van der Waals surface area contributed by atoms with E-state index in [1.54, 1.807) is 19.1 Å². The second-order valence-electron chi connectivity index (χ2n) is 6.64. The first-order valence-electron chi connectivity index (χ1n) is 8.31. The van der Waals surface area contributed by atoms with Crippen molar-refractivity contribution in [2.24, 2.45) is 0 Å². The number of sulfonamides is 1. The Labute approximate surface area is 166 Å². The van der Waals surface area contributed by atoms with Gasteiger partial charge in [0, 0.05) is 5.02 Å². The summed E-state index contributed by atoms with van der Waals surface area (Å²) >= 11 is 6.24. The van der Waals surface area contributed by atoms with E-state index in [1.165, 1.54) is 18.2 Å². The van der Waals surface area contributed by atoms with E-state index >= 15 is 0 Å². The summed E-state index contributed by atoms with van der Waals surface area (Å²) in [4.78, 5) is 27.8. The molecule has 3 N–H and O–H groups in total. The molecule has 146 valence electrons. The molecule has 0 radical (unpaired) electrons. The molecule has 0 aliphatic heterocycles. The third-order valence-electron chi connectivity index (χ3n) is 4.00. The van der Waals surface area contributed by atoms with E-state index in [0.717, 1.165) is 11.1 Å². The van der Waals surface area contributed by atoms with E-state index in [4.69, 9.17) is 11.6 Å². The van der Waals surface area contributed by atoms with Gasteiger partial charge in [0.1, 0.15) is 0 Å². The molecular formula is C19H18ClN3O4S. The summed E-state index contributed by atoms with van der Waals surface area (Å²) in [5, 5.41) is 0.415. The van der Waals surface area contributed by atoms with Gasteiger partial charge in [-0.05, 0) is 56.2 Å². The number of H-pyrrole nitrogens is 2. The van der Waals surface area contributed by atoms with E-state index in [9.17, 15) is 18.0 Å². The van der Waals surface area contributed by atoms with Gasteiger partial charge in [-0.25, -0.2) is 8.42 Å². The molecule has 0 amide bonds. The van der Waals surface area contributed by atoms with Crippen molar-refractivity contribution in [2.75, 3.05) is 4.72 Å². The minimum atomic E-state index is -3.95. The van der Waals surface area contributed by atoms with Crippen molar-refractivity contribution < 1.29 is 8.42 Å². The lowest BCUT2D eigenvalue weighted by Crippen LogP contribution is -2.29. The van der Waals surface area contributed by atoms with E-state index in [-0.39, 0.29) is 10.4 Å². The molecule has 2 aromatic carbocycles. The molecule has 0 saturated heterocycles. The number of anilines is 1. The maximum Gasteiger partial charge on any atom is 0.314 e. The van der Waals surface area contributed by atoms with Gasteiger partial charge in [0.05, 0.1) is 21.6 Å². The van der Waals surface area contributed by atoms with Crippen molar-refractivity contribution >= 4 is 44.4 Å². The Morgan fingerprint density at radius 3 is 2.21 bits per heavy atom. The first kappa shape index (κ1) is 19.9. The number of rotatable bonds is 4. The Morgan fingerprint density at radius 2 is 1.64 bits per heavy atom. The Morgan fingerprint density at radius 1 is 1.04 bits per heavy atom. The molecule has 1 aromatic heterocycles. The summed E-state index contributed by atoms with van der Waals surface area (Å²) < 4.78 is 28.2. The van der Waals surface area contributed by atoms with Crippen molar-refractivity contribution in [2.45, 2.75) is 25.7 Å². The molecule has 0 aliphatic rings. The Balaban J connectivity index is 2.03. The molecule has 7 nitrogen and oxygen atoms in total. The zero-order chi connectivity index (χ0) is 20.6. The third kappa shape index (κ3) is 4.02. The Bertz CT molecular complexity index is 1330. The minimum absolute atomic E-state index is 0.0211. The van der Waals surface area contributed by atoms with Gasteiger partial charge in [0.15, 0.2) is 0 Å². The van der Waals surface area contributed by atoms with Gasteiger partial charge in [-0.3, -0.25) is 14.3 Å². The average molecular weight is 420 g/mol. The van der Waals surface area contributed by atoms with Gasteiger partial charge in [-0.15, -0.1) is 0 Å². The number of allylic oxidation sites excluding steroid dienone is 1. The number of benzene rings is 2. The molecule has 0 aliphatic carbocycles. The lowest BCUT2D eigenvalue weighted by molar-refractivity contribution is 0.600. The topological polar surface area (TPSA) is 112 Å². The fourth-order valence-electron chi connectivity index (χ4n) is 2.77. The average Bonchev–Trinajstić information content (AvgIpc) is 2.57. The molecule has 9 heteroatoms. The summed E-state index contributed by atoms with van der Waals surface area (Å²) in [6.45, 7) is 5.47. The normalized spacial score (nSPS) is 11.4. The number of nitrogens with one attached hydrogen (secondary N) is 3.